The zero-order valence-electron chi connectivity index (χ0n) is 16.1. The predicted molar refractivity (Wildman–Crippen MR) is 107 cm³/mol. The zero-order chi connectivity index (χ0) is 21.8. The SMILES string of the molecule is COc1ccc(F)cc1C(=O)Nc1ccc(N(C)C(=O)c2nc[nH]c2C(N)=O)cc1. The van der Waals surface area contributed by atoms with Crippen molar-refractivity contribution < 1.29 is 23.5 Å². The van der Waals surface area contributed by atoms with Crippen LogP contribution in [0, 0.1) is 5.82 Å². The van der Waals surface area contributed by atoms with Gasteiger partial charge in [0.05, 0.1) is 19.0 Å². The van der Waals surface area contributed by atoms with Gasteiger partial charge in [0.15, 0.2) is 5.69 Å². The van der Waals surface area contributed by atoms with Crippen LogP contribution in [0.4, 0.5) is 15.8 Å². The summed E-state index contributed by atoms with van der Waals surface area (Å²) in [5.41, 5.74) is 6.00. The molecule has 154 valence electrons. The smallest absolute Gasteiger partial charge is 0.279 e. The Balaban J connectivity index is 1.75. The van der Waals surface area contributed by atoms with E-state index in [1.54, 1.807) is 24.3 Å². The number of ether oxygens (including phenoxy) is 1. The molecule has 10 heteroatoms. The molecule has 0 atom stereocenters. The molecule has 0 aliphatic carbocycles. The Bertz CT molecular complexity index is 1110. The fraction of sp³-hybridized carbons (Fsp3) is 0.100. The van der Waals surface area contributed by atoms with Gasteiger partial charge in [-0.1, -0.05) is 0 Å². The quantitative estimate of drug-likeness (QED) is 0.572. The van der Waals surface area contributed by atoms with Crippen LogP contribution in [-0.2, 0) is 0 Å². The minimum atomic E-state index is -0.796. The number of nitrogens with zero attached hydrogens (tertiary/aromatic N) is 2. The van der Waals surface area contributed by atoms with Crippen LogP contribution in [0.15, 0.2) is 48.8 Å². The largest absolute Gasteiger partial charge is 0.496 e. The molecular formula is C20H18FN5O4. The minimum Gasteiger partial charge on any atom is -0.496 e. The van der Waals surface area contributed by atoms with E-state index in [1.807, 2.05) is 0 Å². The number of benzene rings is 2. The summed E-state index contributed by atoms with van der Waals surface area (Å²) >= 11 is 0. The molecule has 3 rings (SSSR count). The first-order chi connectivity index (χ1) is 14.3. The van der Waals surface area contributed by atoms with Gasteiger partial charge >= 0.3 is 0 Å². The lowest BCUT2D eigenvalue weighted by molar-refractivity contribution is 0.0958. The van der Waals surface area contributed by atoms with E-state index in [9.17, 15) is 18.8 Å². The van der Waals surface area contributed by atoms with Gasteiger partial charge in [0, 0.05) is 18.4 Å². The van der Waals surface area contributed by atoms with Crippen LogP contribution in [0.25, 0.3) is 0 Å². The van der Waals surface area contributed by atoms with Gasteiger partial charge < -0.3 is 25.7 Å². The first-order valence-electron chi connectivity index (χ1n) is 8.68. The topological polar surface area (TPSA) is 130 Å². The van der Waals surface area contributed by atoms with E-state index in [1.165, 1.54) is 37.5 Å². The second-order valence-electron chi connectivity index (χ2n) is 6.20. The number of H-pyrrole nitrogens is 1. The molecule has 0 unspecified atom stereocenters. The Hall–Kier alpha value is -4.21. The van der Waals surface area contributed by atoms with Crippen molar-refractivity contribution in [3.63, 3.8) is 0 Å². The molecule has 3 amide bonds. The lowest BCUT2D eigenvalue weighted by Gasteiger charge is -2.17. The maximum absolute atomic E-state index is 13.5. The molecule has 2 aromatic carbocycles. The molecule has 0 radical (unpaired) electrons. The molecule has 9 nitrogen and oxygen atoms in total. The molecule has 1 aromatic heterocycles. The summed E-state index contributed by atoms with van der Waals surface area (Å²) in [7, 11) is 2.89. The monoisotopic (exact) mass is 411 g/mol. The van der Waals surface area contributed by atoms with Crippen LogP contribution in [0.5, 0.6) is 5.75 Å². The fourth-order valence-electron chi connectivity index (χ4n) is 2.74. The van der Waals surface area contributed by atoms with E-state index >= 15 is 0 Å². The highest BCUT2D eigenvalue weighted by Crippen LogP contribution is 2.23. The molecule has 1 heterocycles. The second kappa shape index (κ2) is 8.43. The van der Waals surface area contributed by atoms with Crippen molar-refractivity contribution in [1.29, 1.82) is 0 Å². The Kier molecular flexibility index (Phi) is 5.77. The van der Waals surface area contributed by atoms with E-state index in [4.69, 9.17) is 10.5 Å². The number of imidazole rings is 1. The zero-order valence-corrected chi connectivity index (χ0v) is 16.1. The number of amides is 3. The standard InChI is InChI=1S/C20H18FN5O4/c1-26(20(29)17-16(18(22)27)23-10-24-17)13-6-4-12(5-7-13)25-19(28)14-9-11(21)3-8-15(14)30-2/h3-10H,1-2H3,(H2,22,27)(H,23,24)(H,25,28). The van der Waals surface area contributed by atoms with E-state index < -0.39 is 23.5 Å². The number of aromatic nitrogens is 2. The first kappa shape index (κ1) is 20.5. The summed E-state index contributed by atoms with van der Waals surface area (Å²) in [5.74, 6) is -2.21. The lowest BCUT2D eigenvalue weighted by atomic mass is 10.1. The number of hydrogen-bond donors (Lipinski definition) is 3. The number of halogens is 1. The van der Waals surface area contributed by atoms with E-state index in [0.717, 1.165) is 6.07 Å². The average Bonchev–Trinajstić information content (AvgIpc) is 3.23. The van der Waals surface area contributed by atoms with Gasteiger partial charge in [-0.3, -0.25) is 14.4 Å². The third-order valence-electron chi connectivity index (χ3n) is 4.31. The fourth-order valence-corrected chi connectivity index (χ4v) is 2.74. The van der Waals surface area contributed by atoms with Crippen molar-refractivity contribution >= 4 is 29.1 Å². The van der Waals surface area contributed by atoms with Crippen molar-refractivity contribution in [2.75, 3.05) is 24.4 Å². The van der Waals surface area contributed by atoms with Crippen LogP contribution in [0.2, 0.25) is 0 Å². The maximum Gasteiger partial charge on any atom is 0.279 e. The Morgan fingerprint density at radius 3 is 2.50 bits per heavy atom. The number of primary amides is 1. The van der Waals surface area contributed by atoms with Crippen LogP contribution >= 0.6 is 0 Å². The first-order valence-corrected chi connectivity index (χ1v) is 8.68. The van der Waals surface area contributed by atoms with Crippen molar-refractivity contribution in [3.8, 4) is 5.75 Å². The maximum atomic E-state index is 13.5. The Morgan fingerprint density at radius 1 is 1.17 bits per heavy atom. The van der Waals surface area contributed by atoms with Crippen LogP contribution in [0.3, 0.4) is 0 Å². The number of rotatable bonds is 6. The molecule has 0 aliphatic rings. The lowest BCUT2D eigenvalue weighted by Crippen LogP contribution is -2.29. The van der Waals surface area contributed by atoms with Gasteiger partial charge in [-0.15, -0.1) is 0 Å². The van der Waals surface area contributed by atoms with Gasteiger partial charge in [0.1, 0.15) is 17.3 Å². The third-order valence-corrected chi connectivity index (χ3v) is 4.31. The van der Waals surface area contributed by atoms with Crippen molar-refractivity contribution in [2.24, 2.45) is 5.73 Å². The Morgan fingerprint density at radius 2 is 1.87 bits per heavy atom. The number of carbonyl (C=O) groups is 3. The third kappa shape index (κ3) is 4.12. The number of carbonyl (C=O) groups excluding carboxylic acids is 3. The Labute approximate surface area is 170 Å². The van der Waals surface area contributed by atoms with Crippen molar-refractivity contribution in [2.45, 2.75) is 0 Å². The predicted octanol–water partition coefficient (Wildman–Crippen LogP) is 2.19. The van der Waals surface area contributed by atoms with Crippen LogP contribution in [-0.4, -0.2) is 41.8 Å². The van der Waals surface area contributed by atoms with Crippen LogP contribution in [0.1, 0.15) is 31.3 Å². The molecule has 0 bridgehead atoms. The molecule has 3 aromatic rings. The van der Waals surface area contributed by atoms with Gasteiger partial charge in [0.2, 0.25) is 0 Å². The summed E-state index contributed by atoms with van der Waals surface area (Å²) in [6, 6.07) is 9.96. The number of nitrogens with two attached hydrogens (primary N) is 1. The normalized spacial score (nSPS) is 10.4. The van der Waals surface area contributed by atoms with Gasteiger partial charge in [-0.2, -0.15) is 0 Å². The molecule has 0 saturated heterocycles. The molecular weight excluding hydrogens is 393 g/mol. The number of methoxy groups -OCH3 is 1. The molecule has 0 aliphatic heterocycles. The molecule has 0 saturated carbocycles. The average molecular weight is 411 g/mol. The van der Waals surface area contributed by atoms with E-state index in [0.29, 0.717) is 11.4 Å². The molecule has 4 N–H and O–H groups in total. The number of aromatic amines is 1. The molecule has 30 heavy (non-hydrogen) atoms. The summed E-state index contributed by atoms with van der Waals surface area (Å²) in [4.78, 5) is 44.1. The number of nitrogens with one attached hydrogen (secondary N) is 2. The van der Waals surface area contributed by atoms with Gasteiger partial charge in [0.25, 0.3) is 17.7 Å². The van der Waals surface area contributed by atoms with Crippen molar-refractivity contribution in [1.82, 2.24) is 9.97 Å². The van der Waals surface area contributed by atoms with E-state index in [-0.39, 0.29) is 22.7 Å². The van der Waals surface area contributed by atoms with Gasteiger partial charge in [-0.05, 0) is 42.5 Å². The number of hydrogen-bond acceptors (Lipinski definition) is 5. The van der Waals surface area contributed by atoms with Crippen molar-refractivity contribution in [3.05, 3.63) is 71.6 Å². The van der Waals surface area contributed by atoms with E-state index in [2.05, 4.69) is 15.3 Å². The summed E-state index contributed by atoms with van der Waals surface area (Å²) < 4.78 is 18.6. The summed E-state index contributed by atoms with van der Waals surface area (Å²) in [5, 5.41) is 2.64. The number of anilines is 2. The minimum absolute atomic E-state index is 0.0476. The summed E-state index contributed by atoms with van der Waals surface area (Å²) in [6.07, 6.45) is 1.21. The van der Waals surface area contributed by atoms with Crippen LogP contribution < -0.4 is 20.7 Å². The highest BCUT2D eigenvalue weighted by atomic mass is 19.1. The second-order valence-corrected chi connectivity index (χ2v) is 6.20. The molecule has 0 fully saturated rings. The highest BCUT2D eigenvalue weighted by Gasteiger charge is 2.22. The molecule has 0 spiro atoms. The summed E-state index contributed by atoms with van der Waals surface area (Å²) in [6.45, 7) is 0. The highest BCUT2D eigenvalue weighted by molar-refractivity contribution is 6.11. The van der Waals surface area contributed by atoms with Gasteiger partial charge in [-0.25, -0.2) is 9.37 Å².